The average Bonchev–Trinajstić information content (AvgIpc) is 2.83. The van der Waals surface area contributed by atoms with E-state index in [0.29, 0.717) is 6.04 Å². The van der Waals surface area contributed by atoms with Crippen LogP contribution in [0.4, 0.5) is 0 Å². The molecule has 102 valence electrons. The van der Waals surface area contributed by atoms with Crippen LogP contribution in [0.15, 0.2) is 39.5 Å². The topological polar surface area (TPSA) is 12.0 Å². The van der Waals surface area contributed by atoms with Gasteiger partial charge in [-0.3, -0.25) is 0 Å². The molecule has 0 saturated heterocycles. The SMILES string of the molecule is CCCc1cccc(C(NCC)c2csc(Br)c2)c1. The summed E-state index contributed by atoms with van der Waals surface area (Å²) in [5.41, 5.74) is 4.13. The molecule has 19 heavy (non-hydrogen) atoms. The molecule has 0 bridgehead atoms. The first-order valence-corrected chi connectivity index (χ1v) is 8.48. The zero-order valence-corrected chi connectivity index (χ0v) is 13.9. The molecule has 0 aliphatic heterocycles. The first-order chi connectivity index (χ1) is 9.24. The lowest BCUT2D eigenvalue weighted by Crippen LogP contribution is -2.21. The molecule has 0 radical (unpaired) electrons. The highest BCUT2D eigenvalue weighted by Crippen LogP contribution is 2.29. The van der Waals surface area contributed by atoms with Gasteiger partial charge in [0.25, 0.3) is 0 Å². The van der Waals surface area contributed by atoms with Crippen molar-refractivity contribution in [1.29, 1.82) is 0 Å². The molecule has 2 rings (SSSR count). The summed E-state index contributed by atoms with van der Waals surface area (Å²) in [6, 6.07) is 11.5. The van der Waals surface area contributed by atoms with Crippen molar-refractivity contribution in [3.63, 3.8) is 0 Å². The number of thiophene rings is 1. The Morgan fingerprint density at radius 3 is 2.68 bits per heavy atom. The van der Waals surface area contributed by atoms with Crippen LogP contribution in [0.5, 0.6) is 0 Å². The fourth-order valence-corrected chi connectivity index (χ4v) is 3.53. The molecule has 1 aromatic carbocycles. The third-order valence-electron chi connectivity index (χ3n) is 3.15. The Labute approximate surface area is 128 Å². The number of hydrogen-bond acceptors (Lipinski definition) is 2. The molecule has 0 aliphatic rings. The van der Waals surface area contributed by atoms with E-state index in [9.17, 15) is 0 Å². The highest BCUT2D eigenvalue weighted by molar-refractivity contribution is 9.11. The maximum Gasteiger partial charge on any atom is 0.0701 e. The summed E-state index contributed by atoms with van der Waals surface area (Å²) in [7, 11) is 0. The molecule has 0 saturated carbocycles. The molecule has 1 nitrogen and oxygen atoms in total. The minimum atomic E-state index is 0.296. The van der Waals surface area contributed by atoms with Crippen LogP contribution in [0.3, 0.4) is 0 Å². The van der Waals surface area contributed by atoms with Crippen LogP contribution in [-0.4, -0.2) is 6.54 Å². The normalized spacial score (nSPS) is 12.6. The van der Waals surface area contributed by atoms with E-state index in [4.69, 9.17) is 0 Å². The van der Waals surface area contributed by atoms with Crippen LogP contribution < -0.4 is 5.32 Å². The van der Waals surface area contributed by atoms with Gasteiger partial charge in [0.15, 0.2) is 0 Å². The molecular formula is C16H20BrNS. The molecule has 1 heterocycles. The Balaban J connectivity index is 2.30. The monoisotopic (exact) mass is 337 g/mol. The van der Waals surface area contributed by atoms with Gasteiger partial charge >= 0.3 is 0 Å². The second-order valence-electron chi connectivity index (χ2n) is 4.67. The number of benzene rings is 1. The van der Waals surface area contributed by atoms with Crippen LogP contribution in [0.25, 0.3) is 0 Å². The number of hydrogen-bond donors (Lipinski definition) is 1. The van der Waals surface area contributed by atoms with Gasteiger partial charge in [0, 0.05) is 0 Å². The number of rotatable bonds is 6. The summed E-state index contributed by atoms with van der Waals surface area (Å²) >= 11 is 5.30. The van der Waals surface area contributed by atoms with Crippen LogP contribution in [0, 0.1) is 0 Å². The lowest BCUT2D eigenvalue weighted by molar-refractivity contribution is 0.631. The van der Waals surface area contributed by atoms with Gasteiger partial charge in [-0.05, 0) is 57.0 Å². The molecular weight excluding hydrogens is 318 g/mol. The van der Waals surface area contributed by atoms with Gasteiger partial charge in [-0.15, -0.1) is 11.3 Å². The summed E-state index contributed by atoms with van der Waals surface area (Å²) in [5.74, 6) is 0. The van der Waals surface area contributed by atoms with Gasteiger partial charge in [-0.2, -0.15) is 0 Å². The lowest BCUT2D eigenvalue weighted by atomic mass is 9.98. The maximum atomic E-state index is 3.58. The summed E-state index contributed by atoms with van der Waals surface area (Å²) < 4.78 is 1.19. The largest absolute Gasteiger partial charge is 0.307 e. The van der Waals surface area contributed by atoms with Gasteiger partial charge in [0.1, 0.15) is 0 Å². The second-order valence-corrected chi connectivity index (χ2v) is 6.96. The zero-order chi connectivity index (χ0) is 13.7. The van der Waals surface area contributed by atoms with Crippen LogP contribution in [0.1, 0.15) is 43.0 Å². The van der Waals surface area contributed by atoms with Crippen molar-refractivity contribution in [2.75, 3.05) is 6.54 Å². The molecule has 1 unspecified atom stereocenters. The molecule has 1 atom stereocenters. The Kier molecular flexibility index (Phi) is 5.61. The standard InChI is InChI=1S/C16H20BrNS/c1-3-6-12-7-5-8-13(9-12)16(18-4-2)14-10-15(17)19-11-14/h5,7-11,16,18H,3-4,6H2,1-2H3. The zero-order valence-electron chi connectivity index (χ0n) is 11.4. The molecule has 3 heteroatoms. The summed E-state index contributed by atoms with van der Waals surface area (Å²) in [6.07, 6.45) is 2.35. The fraction of sp³-hybridized carbons (Fsp3) is 0.375. The van der Waals surface area contributed by atoms with E-state index in [2.05, 4.69) is 70.8 Å². The predicted octanol–water partition coefficient (Wildman–Crippen LogP) is 5.16. The first-order valence-electron chi connectivity index (χ1n) is 6.80. The van der Waals surface area contributed by atoms with E-state index in [1.807, 2.05) is 0 Å². The number of nitrogens with one attached hydrogen (secondary N) is 1. The molecule has 0 aliphatic carbocycles. The minimum Gasteiger partial charge on any atom is -0.307 e. The van der Waals surface area contributed by atoms with Gasteiger partial charge < -0.3 is 5.32 Å². The van der Waals surface area contributed by atoms with Crippen molar-refractivity contribution < 1.29 is 0 Å². The number of halogens is 1. The molecule has 1 N–H and O–H groups in total. The third-order valence-corrected chi connectivity index (χ3v) is 4.68. The highest BCUT2D eigenvalue weighted by Gasteiger charge is 2.14. The van der Waals surface area contributed by atoms with E-state index < -0.39 is 0 Å². The van der Waals surface area contributed by atoms with Gasteiger partial charge in [0.2, 0.25) is 0 Å². The lowest BCUT2D eigenvalue weighted by Gasteiger charge is -2.18. The van der Waals surface area contributed by atoms with E-state index in [-0.39, 0.29) is 0 Å². The van der Waals surface area contributed by atoms with Gasteiger partial charge in [-0.25, -0.2) is 0 Å². The Morgan fingerprint density at radius 2 is 2.05 bits per heavy atom. The van der Waals surface area contributed by atoms with Gasteiger partial charge in [0.05, 0.1) is 9.83 Å². The first kappa shape index (κ1) is 14.8. The fourth-order valence-electron chi connectivity index (χ4n) is 2.32. The molecule has 0 fully saturated rings. The van der Waals surface area contributed by atoms with E-state index in [1.54, 1.807) is 11.3 Å². The van der Waals surface area contributed by atoms with Crippen molar-refractivity contribution in [3.05, 3.63) is 56.2 Å². The average molecular weight is 338 g/mol. The van der Waals surface area contributed by atoms with E-state index in [0.717, 1.165) is 13.0 Å². The van der Waals surface area contributed by atoms with Crippen LogP contribution in [0.2, 0.25) is 0 Å². The third kappa shape index (κ3) is 3.91. The smallest absolute Gasteiger partial charge is 0.0701 e. The van der Waals surface area contributed by atoms with E-state index >= 15 is 0 Å². The van der Waals surface area contributed by atoms with Crippen molar-refractivity contribution >= 4 is 27.3 Å². The second kappa shape index (κ2) is 7.22. The van der Waals surface area contributed by atoms with Gasteiger partial charge in [-0.1, -0.05) is 44.5 Å². The summed E-state index contributed by atoms with van der Waals surface area (Å²) in [4.78, 5) is 0. The maximum absolute atomic E-state index is 3.58. The Bertz CT molecular complexity index is 521. The summed E-state index contributed by atoms with van der Waals surface area (Å²) in [6.45, 7) is 5.35. The van der Waals surface area contributed by atoms with E-state index in [1.165, 1.54) is 26.9 Å². The predicted molar refractivity (Wildman–Crippen MR) is 88.0 cm³/mol. The van der Waals surface area contributed by atoms with Crippen molar-refractivity contribution in [3.8, 4) is 0 Å². The van der Waals surface area contributed by atoms with Crippen molar-refractivity contribution in [2.24, 2.45) is 0 Å². The van der Waals surface area contributed by atoms with Crippen molar-refractivity contribution in [1.82, 2.24) is 5.32 Å². The van der Waals surface area contributed by atoms with Crippen LogP contribution in [-0.2, 0) is 6.42 Å². The molecule has 1 aromatic heterocycles. The minimum absolute atomic E-state index is 0.296. The Morgan fingerprint density at radius 1 is 1.21 bits per heavy atom. The Hall–Kier alpha value is -0.640. The molecule has 0 amide bonds. The number of aryl methyl sites for hydroxylation is 1. The summed E-state index contributed by atoms with van der Waals surface area (Å²) in [5, 5.41) is 5.81. The van der Waals surface area contributed by atoms with Crippen molar-refractivity contribution in [2.45, 2.75) is 32.7 Å². The van der Waals surface area contributed by atoms with Crippen LogP contribution >= 0.6 is 27.3 Å². The molecule has 0 spiro atoms. The highest BCUT2D eigenvalue weighted by atomic mass is 79.9. The molecule has 2 aromatic rings. The quantitative estimate of drug-likeness (QED) is 0.767.